The summed E-state index contributed by atoms with van der Waals surface area (Å²) in [5, 5.41) is 10.7. The number of halogens is 2. The van der Waals surface area contributed by atoms with Crippen LogP contribution >= 0.6 is 0 Å². The Morgan fingerprint density at radius 2 is 2.00 bits per heavy atom. The predicted octanol–water partition coefficient (Wildman–Crippen LogP) is 1.73. The molecule has 0 amide bonds. The van der Waals surface area contributed by atoms with Crippen LogP contribution in [0.25, 0.3) is 0 Å². The first-order valence-electron chi connectivity index (χ1n) is 4.65. The third-order valence-corrected chi connectivity index (χ3v) is 2.46. The van der Waals surface area contributed by atoms with E-state index in [2.05, 4.69) is 5.32 Å². The van der Waals surface area contributed by atoms with E-state index < -0.39 is 18.4 Å². The number of carboxylic acid groups (broad SMARTS) is 1. The molecule has 0 aliphatic carbocycles. The lowest BCUT2D eigenvalue weighted by Gasteiger charge is -2.21. The summed E-state index contributed by atoms with van der Waals surface area (Å²) in [5.74, 6) is -5.51. The minimum Gasteiger partial charge on any atom is -0.477 e. The molecule has 0 aromatic heterocycles. The fourth-order valence-corrected chi connectivity index (χ4v) is 0.920. The van der Waals surface area contributed by atoms with Crippen molar-refractivity contribution in [2.45, 2.75) is 39.2 Å². The first kappa shape index (κ1) is 13.3. The lowest BCUT2D eigenvalue weighted by molar-refractivity contribution is -0.164. The van der Waals surface area contributed by atoms with E-state index in [-0.39, 0.29) is 12.0 Å². The molecule has 0 saturated carbocycles. The highest BCUT2D eigenvalue weighted by atomic mass is 19.3. The molecule has 0 aromatic carbocycles. The summed E-state index contributed by atoms with van der Waals surface area (Å²) in [7, 11) is 0. The van der Waals surface area contributed by atoms with Crippen LogP contribution in [0.15, 0.2) is 0 Å². The number of aliphatic carboxylic acids is 1. The maximum atomic E-state index is 12.6. The van der Waals surface area contributed by atoms with Gasteiger partial charge in [0, 0.05) is 6.04 Å². The van der Waals surface area contributed by atoms with Crippen molar-refractivity contribution < 1.29 is 18.7 Å². The van der Waals surface area contributed by atoms with E-state index in [0.717, 1.165) is 6.42 Å². The Hall–Kier alpha value is -0.710. The summed E-state index contributed by atoms with van der Waals surface area (Å²) < 4.78 is 25.2. The Kier molecular flexibility index (Phi) is 4.97. The number of carbonyl (C=O) groups is 1. The van der Waals surface area contributed by atoms with Crippen LogP contribution in [-0.4, -0.2) is 29.6 Å². The van der Waals surface area contributed by atoms with Crippen molar-refractivity contribution in [2.75, 3.05) is 6.54 Å². The van der Waals surface area contributed by atoms with Crippen molar-refractivity contribution in [1.82, 2.24) is 5.32 Å². The smallest absolute Gasteiger partial charge is 0.375 e. The van der Waals surface area contributed by atoms with Gasteiger partial charge in [-0.1, -0.05) is 20.3 Å². The molecule has 14 heavy (non-hydrogen) atoms. The van der Waals surface area contributed by atoms with Crippen molar-refractivity contribution in [3.8, 4) is 0 Å². The molecule has 0 fully saturated rings. The highest BCUT2D eigenvalue weighted by Crippen LogP contribution is 2.13. The van der Waals surface area contributed by atoms with Gasteiger partial charge in [-0.05, 0) is 12.8 Å². The molecule has 0 aliphatic heterocycles. The second-order valence-corrected chi connectivity index (χ2v) is 3.56. The molecule has 2 unspecified atom stereocenters. The first-order valence-corrected chi connectivity index (χ1v) is 4.65. The third-order valence-electron chi connectivity index (χ3n) is 2.46. The van der Waals surface area contributed by atoms with Gasteiger partial charge in [0.1, 0.15) is 0 Å². The van der Waals surface area contributed by atoms with Crippen LogP contribution < -0.4 is 5.32 Å². The number of nitrogens with one attached hydrogen (secondary N) is 1. The zero-order valence-electron chi connectivity index (χ0n) is 8.68. The van der Waals surface area contributed by atoms with E-state index in [1.807, 2.05) is 13.8 Å². The summed E-state index contributed by atoms with van der Waals surface area (Å²) in [6.07, 6.45) is 0.868. The summed E-state index contributed by atoms with van der Waals surface area (Å²) in [6.45, 7) is 4.84. The van der Waals surface area contributed by atoms with Gasteiger partial charge < -0.3 is 10.4 Å². The molecule has 0 rings (SSSR count). The van der Waals surface area contributed by atoms with Crippen LogP contribution in [0.2, 0.25) is 0 Å². The normalized spacial score (nSPS) is 16.4. The Bertz CT molecular complexity index is 197. The van der Waals surface area contributed by atoms with Gasteiger partial charge in [-0.15, -0.1) is 0 Å². The molecule has 0 radical (unpaired) electrons. The highest BCUT2D eigenvalue weighted by Gasteiger charge is 2.38. The van der Waals surface area contributed by atoms with E-state index in [1.165, 1.54) is 0 Å². The summed E-state index contributed by atoms with van der Waals surface area (Å²) in [6, 6.07) is -0.106. The monoisotopic (exact) mass is 209 g/mol. The molecular weight excluding hydrogens is 192 g/mol. The zero-order valence-corrected chi connectivity index (χ0v) is 8.68. The van der Waals surface area contributed by atoms with Crippen molar-refractivity contribution >= 4 is 5.97 Å². The molecule has 2 N–H and O–H groups in total. The second kappa shape index (κ2) is 5.24. The SMILES string of the molecule is CCC(C)C(C)NCC(F)(F)C(=O)O. The fraction of sp³-hybridized carbons (Fsp3) is 0.889. The molecule has 0 bridgehead atoms. The van der Waals surface area contributed by atoms with Gasteiger partial charge in [-0.2, -0.15) is 8.78 Å². The van der Waals surface area contributed by atoms with Crippen molar-refractivity contribution in [3.05, 3.63) is 0 Å². The standard InChI is InChI=1S/C9H17F2NO2/c1-4-6(2)7(3)12-5-9(10,11)8(13)14/h6-7,12H,4-5H2,1-3H3,(H,13,14). The van der Waals surface area contributed by atoms with Crippen molar-refractivity contribution in [3.63, 3.8) is 0 Å². The number of hydrogen-bond donors (Lipinski definition) is 2. The number of alkyl halides is 2. The van der Waals surface area contributed by atoms with Crippen molar-refractivity contribution in [1.29, 1.82) is 0 Å². The minimum atomic E-state index is -3.68. The van der Waals surface area contributed by atoms with Gasteiger partial charge in [-0.25, -0.2) is 4.79 Å². The van der Waals surface area contributed by atoms with Gasteiger partial charge in [0.15, 0.2) is 0 Å². The maximum Gasteiger partial charge on any atom is 0.375 e. The molecule has 84 valence electrons. The van der Waals surface area contributed by atoms with Gasteiger partial charge >= 0.3 is 11.9 Å². The molecule has 0 heterocycles. The average Bonchev–Trinajstić information content (AvgIpc) is 2.12. The topological polar surface area (TPSA) is 49.3 Å². The quantitative estimate of drug-likeness (QED) is 0.700. The van der Waals surface area contributed by atoms with Gasteiger partial charge in [0.05, 0.1) is 6.54 Å². The number of hydrogen-bond acceptors (Lipinski definition) is 2. The van der Waals surface area contributed by atoms with E-state index in [0.29, 0.717) is 0 Å². The molecule has 0 spiro atoms. The zero-order chi connectivity index (χ0) is 11.4. The van der Waals surface area contributed by atoms with Crippen LogP contribution in [0.4, 0.5) is 8.78 Å². The van der Waals surface area contributed by atoms with Crippen LogP contribution in [0, 0.1) is 5.92 Å². The Morgan fingerprint density at radius 1 is 1.50 bits per heavy atom. The van der Waals surface area contributed by atoms with Crippen molar-refractivity contribution in [2.24, 2.45) is 5.92 Å². The lowest BCUT2D eigenvalue weighted by Crippen LogP contribution is -2.44. The van der Waals surface area contributed by atoms with Crippen LogP contribution in [0.1, 0.15) is 27.2 Å². The van der Waals surface area contributed by atoms with E-state index in [1.54, 1.807) is 6.92 Å². The van der Waals surface area contributed by atoms with Gasteiger partial charge in [0.25, 0.3) is 0 Å². The predicted molar refractivity (Wildman–Crippen MR) is 49.5 cm³/mol. The summed E-state index contributed by atoms with van der Waals surface area (Å²) in [4.78, 5) is 10.1. The van der Waals surface area contributed by atoms with Crippen LogP contribution in [0.3, 0.4) is 0 Å². The number of carboxylic acids is 1. The molecule has 2 atom stereocenters. The number of rotatable bonds is 6. The molecular formula is C9H17F2NO2. The fourth-order valence-electron chi connectivity index (χ4n) is 0.920. The minimum absolute atomic E-state index is 0.106. The van der Waals surface area contributed by atoms with E-state index in [4.69, 9.17) is 5.11 Å². The third kappa shape index (κ3) is 4.00. The molecule has 0 aliphatic rings. The summed E-state index contributed by atoms with van der Waals surface area (Å²) in [5.41, 5.74) is 0. The van der Waals surface area contributed by atoms with Crippen LogP contribution in [-0.2, 0) is 4.79 Å². The molecule has 0 aromatic rings. The molecule has 3 nitrogen and oxygen atoms in total. The average molecular weight is 209 g/mol. The van der Waals surface area contributed by atoms with E-state index >= 15 is 0 Å². The van der Waals surface area contributed by atoms with Gasteiger partial charge in [0.2, 0.25) is 0 Å². The highest BCUT2D eigenvalue weighted by molar-refractivity contribution is 5.75. The largest absolute Gasteiger partial charge is 0.477 e. The molecule has 0 saturated heterocycles. The van der Waals surface area contributed by atoms with Gasteiger partial charge in [-0.3, -0.25) is 0 Å². The first-order chi connectivity index (χ1) is 6.31. The van der Waals surface area contributed by atoms with Crippen LogP contribution in [0.5, 0.6) is 0 Å². The Labute approximate surface area is 82.5 Å². The second-order valence-electron chi connectivity index (χ2n) is 3.56. The lowest BCUT2D eigenvalue weighted by atomic mass is 10.0. The maximum absolute atomic E-state index is 12.6. The Morgan fingerprint density at radius 3 is 2.36 bits per heavy atom. The molecule has 5 heteroatoms. The summed E-state index contributed by atoms with van der Waals surface area (Å²) >= 11 is 0. The van der Waals surface area contributed by atoms with E-state index in [9.17, 15) is 13.6 Å². The Balaban J connectivity index is 3.99.